The van der Waals surface area contributed by atoms with E-state index in [2.05, 4.69) is 16.3 Å². The maximum Gasteiger partial charge on any atom is 0.236 e. The van der Waals surface area contributed by atoms with Crippen molar-refractivity contribution < 1.29 is 4.79 Å². The second kappa shape index (κ2) is 6.82. The number of amides is 1. The molecule has 0 atom stereocenters. The van der Waals surface area contributed by atoms with Crippen molar-refractivity contribution in [2.24, 2.45) is 0 Å². The summed E-state index contributed by atoms with van der Waals surface area (Å²) in [6, 6.07) is 9.82. The summed E-state index contributed by atoms with van der Waals surface area (Å²) in [4.78, 5) is 17.9. The number of rotatable bonds is 4. The number of nitrogens with zero attached hydrogens (tertiary/aromatic N) is 2. The maximum absolute atomic E-state index is 12.4. The number of hydrogen-bond acceptors (Lipinski definition) is 3. The van der Waals surface area contributed by atoms with E-state index in [-0.39, 0.29) is 5.91 Å². The Labute approximate surface area is 140 Å². The van der Waals surface area contributed by atoms with Crippen molar-refractivity contribution in [3.05, 3.63) is 56.7 Å². The molecule has 5 heteroatoms. The Morgan fingerprint density at radius 1 is 1.32 bits per heavy atom. The van der Waals surface area contributed by atoms with Crippen LogP contribution in [0.25, 0.3) is 0 Å². The van der Waals surface area contributed by atoms with E-state index in [1.165, 1.54) is 10.4 Å². The van der Waals surface area contributed by atoms with Gasteiger partial charge in [-0.25, -0.2) is 0 Å². The molecule has 0 saturated heterocycles. The number of carbonyl (C=O) groups excluding carboxylic acids is 1. The molecule has 2 heterocycles. The summed E-state index contributed by atoms with van der Waals surface area (Å²) in [5.41, 5.74) is 2.48. The smallest absolute Gasteiger partial charge is 0.236 e. The largest absolute Gasteiger partial charge is 0.340 e. The van der Waals surface area contributed by atoms with Gasteiger partial charge in [0.1, 0.15) is 0 Å². The summed E-state index contributed by atoms with van der Waals surface area (Å²) < 4.78 is 0. The summed E-state index contributed by atoms with van der Waals surface area (Å²) in [7, 11) is 1.86. The first-order chi connectivity index (χ1) is 10.6. The first-order valence-electron chi connectivity index (χ1n) is 7.38. The van der Waals surface area contributed by atoms with Gasteiger partial charge in [-0.15, -0.1) is 11.3 Å². The maximum atomic E-state index is 12.4. The van der Waals surface area contributed by atoms with Gasteiger partial charge in [0.25, 0.3) is 0 Å². The molecule has 3 rings (SSSR count). The van der Waals surface area contributed by atoms with Crippen molar-refractivity contribution in [1.29, 1.82) is 0 Å². The number of benzene rings is 1. The second-order valence-corrected chi connectivity index (χ2v) is 7.14. The van der Waals surface area contributed by atoms with Crippen LogP contribution in [-0.2, 0) is 24.3 Å². The number of thiophene rings is 1. The third kappa shape index (κ3) is 3.69. The van der Waals surface area contributed by atoms with Crippen molar-refractivity contribution in [2.75, 3.05) is 20.1 Å². The van der Waals surface area contributed by atoms with Crippen LogP contribution >= 0.6 is 22.9 Å². The van der Waals surface area contributed by atoms with E-state index < -0.39 is 0 Å². The van der Waals surface area contributed by atoms with E-state index in [1.54, 1.807) is 4.90 Å². The van der Waals surface area contributed by atoms with Crippen molar-refractivity contribution in [3.63, 3.8) is 0 Å². The predicted octanol–water partition coefficient (Wildman–Crippen LogP) is 3.42. The number of hydrogen-bond donors (Lipinski definition) is 0. The van der Waals surface area contributed by atoms with Crippen LogP contribution in [0.1, 0.15) is 16.0 Å². The van der Waals surface area contributed by atoms with E-state index in [4.69, 9.17) is 11.6 Å². The van der Waals surface area contributed by atoms with Crippen molar-refractivity contribution >= 4 is 28.8 Å². The van der Waals surface area contributed by atoms with Gasteiger partial charge < -0.3 is 4.90 Å². The molecule has 1 aromatic heterocycles. The molecule has 0 radical (unpaired) electrons. The Morgan fingerprint density at radius 2 is 2.09 bits per heavy atom. The van der Waals surface area contributed by atoms with Crippen molar-refractivity contribution in [2.45, 2.75) is 19.5 Å². The molecule has 0 fully saturated rings. The molecule has 0 aliphatic carbocycles. The van der Waals surface area contributed by atoms with Crippen LogP contribution in [0.4, 0.5) is 0 Å². The lowest BCUT2D eigenvalue weighted by Gasteiger charge is -2.28. The summed E-state index contributed by atoms with van der Waals surface area (Å²) in [6.07, 6.45) is 1.06. The minimum Gasteiger partial charge on any atom is -0.340 e. The van der Waals surface area contributed by atoms with Crippen LogP contribution < -0.4 is 0 Å². The predicted molar refractivity (Wildman–Crippen MR) is 91.2 cm³/mol. The van der Waals surface area contributed by atoms with Gasteiger partial charge in [-0.1, -0.05) is 23.7 Å². The summed E-state index contributed by atoms with van der Waals surface area (Å²) in [5, 5.41) is 2.86. The highest BCUT2D eigenvalue weighted by molar-refractivity contribution is 7.10. The quantitative estimate of drug-likeness (QED) is 0.855. The Bertz CT molecular complexity index is 653. The third-order valence-electron chi connectivity index (χ3n) is 4.00. The van der Waals surface area contributed by atoms with Crippen LogP contribution in [0.15, 0.2) is 35.7 Å². The van der Waals surface area contributed by atoms with Gasteiger partial charge in [0.05, 0.1) is 6.54 Å². The number of fused-ring (bicyclic) bond motifs is 1. The average molecular weight is 335 g/mol. The highest BCUT2D eigenvalue weighted by atomic mass is 35.5. The Hall–Kier alpha value is -1.36. The van der Waals surface area contributed by atoms with Crippen LogP contribution in [0.5, 0.6) is 0 Å². The van der Waals surface area contributed by atoms with E-state index in [0.717, 1.165) is 30.1 Å². The van der Waals surface area contributed by atoms with E-state index >= 15 is 0 Å². The highest BCUT2D eigenvalue weighted by Gasteiger charge is 2.20. The Kier molecular flexibility index (Phi) is 4.81. The molecule has 1 aromatic carbocycles. The van der Waals surface area contributed by atoms with Gasteiger partial charge in [-0.05, 0) is 41.1 Å². The van der Waals surface area contributed by atoms with Gasteiger partial charge in [-0.2, -0.15) is 0 Å². The Balaban J connectivity index is 1.54. The number of carbonyl (C=O) groups is 1. The molecule has 0 N–H and O–H groups in total. The molecule has 3 nitrogen and oxygen atoms in total. The monoisotopic (exact) mass is 334 g/mol. The van der Waals surface area contributed by atoms with Gasteiger partial charge in [0.15, 0.2) is 0 Å². The zero-order valence-electron chi connectivity index (χ0n) is 12.6. The van der Waals surface area contributed by atoms with Gasteiger partial charge in [0.2, 0.25) is 5.91 Å². The molecule has 1 amide bonds. The van der Waals surface area contributed by atoms with Gasteiger partial charge >= 0.3 is 0 Å². The molecule has 116 valence electrons. The zero-order chi connectivity index (χ0) is 15.5. The van der Waals surface area contributed by atoms with Gasteiger partial charge in [-0.3, -0.25) is 9.69 Å². The fraction of sp³-hybridized carbons (Fsp3) is 0.353. The summed E-state index contributed by atoms with van der Waals surface area (Å²) >= 11 is 7.71. The summed E-state index contributed by atoms with van der Waals surface area (Å²) in [6.45, 7) is 2.96. The first kappa shape index (κ1) is 15.5. The van der Waals surface area contributed by atoms with E-state index in [0.29, 0.717) is 13.1 Å². The topological polar surface area (TPSA) is 23.6 Å². The average Bonchev–Trinajstić information content (AvgIpc) is 2.97. The molecule has 1 aliphatic rings. The molecule has 0 bridgehead atoms. The standard InChI is InChI=1S/C17H19ClN2OS/c1-19(10-13-2-4-15(18)5-3-13)17(21)12-20-8-6-16-14(11-20)7-9-22-16/h2-5,7,9H,6,8,10-12H2,1H3. The normalized spacial score (nSPS) is 14.6. The van der Waals surface area contributed by atoms with Crippen molar-refractivity contribution in [3.8, 4) is 0 Å². The third-order valence-corrected chi connectivity index (χ3v) is 5.28. The molecule has 2 aromatic rings. The Morgan fingerprint density at radius 3 is 2.86 bits per heavy atom. The first-order valence-corrected chi connectivity index (χ1v) is 8.63. The number of halogens is 1. The van der Waals surface area contributed by atoms with Crippen LogP contribution in [0, 0.1) is 0 Å². The fourth-order valence-corrected chi connectivity index (χ4v) is 3.72. The molecule has 1 aliphatic heterocycles. The molecular weight excluding hydrogens is 316 g/mol. The molecule has 22 heavy (non-hydrogen) atoms. The van der Waals surface area contributed by atoms with E-state index in [1.807, 2.05) is 42.6 Å². The van der Waals surface area contributed by atoms with Crippen LogP contribution in [0.2, 0.25) is 5.02 Å². The lowest BCUT2D eigenvalue weighted by atomic mass is 10.1. The lowest BCUT2D eigenvalue weighted by molar-refractivity contribution is -0.131. The SMILES string of the molecule is CN(Cc1ccc(Cl)cc1)C(=O)CN1CCc2sccc2C1. The molecule has 0 saturated carbocycles. The van der Waals surface area contributed by atoms with Crippen molar-refractivity contribution in [1.82, 2.24) is 9.80 Å². The molecular formula is C17H19ClN2OS. The minimum absolute atomic E-state index is 0.161. The number of likely N-dealkylation sites (N-methyl/N-ethyl adjacent to an activating group) is 1. The minimum atomic E-state index is 0.161. The summed E-state index contributed by atoms with van der Waals surface area (Å²) in [5.74, 6) is 0.161. The second-order valence-electron chi connectivity index (χ2n) is 5.71. The zero-order valence-corrected chi connectivity index (χ0v) is 14.2. The van der Waals surface area contributed by atoms with Crippen LogP contribution in [-0.4, -0.2) is 35.8 Å². The fourth-order valence-electron chi connectivity index (χ4n) is 2.71. The van der Waals surface area contributed by atoms with E-state index in [9.17, 15) is 4.79 Å². The lowest BCUT2D eigenvalue weighted by Crippen LogP contribution is -2.40. The molecule has 0 unspecified atom stereocenters. The van der Waals surface area contributed by atoms with Gasteiger partial charge in [0, 0.05) is 36.6 Å². The molecule has 0 spiro atoms. The highest BCUT2D eigenvalue weighted by Crippen LogP contribution is 2.23. The van der Waals surface area contributed by atoms with Crippen LogP contribution in [0.3, 0.4) is 0 Å².